The standard InChI is InChI=1S/C17H20N6O.C16H16N6O3.C15H13F3N6O.C14H13N7O3/c1-17(2,3)11-7-8-13(24)12(10-11)20-16-21-15(18)23(22-16)14-6-4-5-9-19-14;1-24-12-7-6-10(14(23)25-2)9-11(12)19-16-20-15(17)22(21-16)13-5-3-4-8-18-13;1-25-11-6-5-9(15(16,17)18)8-10(11)21-14-22-13(19)24(23-14)12-4-2-3-7-20-12;1-24-11-6-5-9(21(22)23)8-10(11)17-14-18-13(15)20(19-14)12-4-2-3-7-16-12/h4-10,24H,1-3H3,(H3,18,20,21,22);3-9H,1-2H3,(H3,17,19,20,21);2-8H,1H3,(H3,19,21,22,23);2-8H,1H3,(H3,15,17,18,19). The van der Waals surface area contributed by atoms with Crippen molar-refractivity contribution >= 4 is 82.0 Å². The third-order valence-electron chi connectivity index (χ3n) is 13.4. The first kappa shape index (κ1) is 68.7. The third kappa shape index (κ3) is 17.1. The summed E-state index contributed by atoms with van der Waals surface area (Å²) in [5.41, 5.74) is 25.4. The van der Waals surface area contributed by atoms with E-state index in [1.807, 2.05) is 30.3 Å². The predicted molar refractivity (Wildman–Crippen MR) is 356 cm³/mol. The van der Waals surface area contributed by atoms with E-state index in [0.717, 1.165) is 17.7 Å². The summed E-state index contributed by atoms with van der Waals surface area (Å²) in [7, 11) is 5.64. The first-order valence-electron chi connectivity index (χ1n) is 28.7. The molecule has 504 valence electrons. The van der Waals surface area contributed by atoms with E-state index in [-0.39, 0.29) is 69.9 Å². The number of hydrogen-bond acceptors (Lipinski definition) is 28. The number of hydrogen-bond donors (Lipinski definition) is 9. The van der Waals surface area contributed by atoms with Gasteiger partial charge in [-0.2, -0.15) is 51.8 Å². The molecular weight excluding hydrogens is 1280 g/mol. The Kier molecular flexibility index (Phi) is 21.3. The molecule has 0 aliphatic rings. The van der Waals surface area contributed by atoms with Crippen molar-refractivity contribution < 1.29 is 46.9 Å². The Morgan fingerprint density at radius 2 is 0.827 bits per heavy atom. The van der Waals surface area contributed by atoms with Gasteiger partial charge in [0.25, 0.3) is 5.69 Å². The van der Waals surface area contributed by atoms with Gasteiger partial charge in [0, 0.05) is 36.9 Å². The van der Waals surface area contributed by atoms with Crippen molar-refractivity contribution in [1.82, 2.24) is 79.0 Å². The molecule has 98 heavy (non-hydrogen) atoms. The second-order valence-corrected chi connectivity index (χ2v) is 21.0. The lowest BCUT2D eigenvalue weighted by Crippen LogP contribution is -2.11. The number of rotatable bonds is 17. The zero-order valence-electron chi connectivity index (χ0n) is 53.0. The number of halogens is 3. The minimum Gasteiger partial charge on any atom is -0.506 e. The van der Waals surface area contributed by atoms with Gasteiger partial charge in [0.2, 0.25) is 47.6 Å². The maximum Gasteiger partial charge on any atom is 0.416 e. The van der Waals surface area contributed by atoms with Crippen LogP contribution in [0.3, 0.4) is 0 Å². The maximum absolute atomic E-state index is 12.9. The Bertz CT molecular complexity index is 4690. The number of nitrogens with one attached hydrogen (secondary N) is 4. The normalized spacial score (nSPS) is 10.9. The number of esters is 1. The Labute approximate surface area is 554 Å². The molecular formula is C62H62F3N25O8. The lowest BCUT2D eigenvalue weighted by Gasteiger charge is -2.20. The maximum atomic E-state index is 12.9. The van der Waals surface area contributed by atoms with Crippen LogP contribution in [0.5, 0.6) is 23.0 Å². The summed E-state index contributed by atoms with van der Waals surface area (Å²) in [6, 6.07) is 38.7. The third-order valence-corrected chi connectivity index (χ3v) is 13.4. The van der Waals surface area contributed by atoms with Crippen LogP contribution < -0.4 is 58.4 Å². The predicted octanol–water partition coefficient (Wildman–Crippen LogP) is 9.69. The van der Waals surface area contributed by atoms with Crippen LogP contribution in [0.1, 0.15) is 42.3 Å². The van der Waals surface area contributed by atoms with Gasteiger partial charge in [-0.15, -0.1) is 20.4 Å². The van der Waals surface area contributed by atoms with Gasteiger partial charge < -0.3 is 68.3 Å². The average molecular weight is 1340 g/mol. The molecule has 4 aromatic carbocycles. The van der Waals surface area contributed by atoms with Crippen LogP contribution in [0, 0.1) is 10.1 Å². The number of alkyl halides is 3. The van der Waals surface area contributed by atoms with Crippen LogP contribution in [-0.2, 0) is 16.3 Å². The first-order valence-corrected chi connectivity index (χ1v) is 28.7. The quantitative estimate of drug-likeness (QED) is 0.0177. The number of pyridine rings is 4. The number of aromatic hydroxyl groups is 1. The number of benzene rings is 4. The average Bonchev–Trinajstić information content (AvgIpc) is 1.62. The zero-order chi connectivity index (χ0) is 70.3. The molecule has 33 nitrogen and oxygen atoms in total. The number of nitrogens with two attached hydrogens (primary N) is 4. The molecule has 0 aliphatic carbocycles. The molecule has 0 bridgehead atoms. The molecule has 36 heteroatoms. The lowest BCUT2D eigenvalue weighted by molar-refractivity contribution is -0.384. The van der Waals surface area contributed by atoms with E-state index in [2.05, 4.69) is 102 Å². The van der Waals surface area contributed by atoms with Gasteiger partial charge in [0.1, 0.15) is 23.0 Å². The largest absolute Gasteiger partial charge is 0.506 e. The number of nitrogens with zero attached hydrogens (tertiary/aromatic N) is 17. The number of phenolic OH excluding ortho intramolecular Hbond substituents is 1. The Morgan fingerprint density at radius 1 is 0.480 bits per heavy atom. The van der Waals surface area contributed by atoms with E-state index in [1.54, 1.807) is 104 Å². The first-order chi connectivity index (χ1) is 46.9. The number of nitro benzene ring substituents is 1. The highest BCUT2D eigenvalue weighted by Crippen LogP contribution is 2.37. The molecule has 8 heterocycles. The highest BCUT2D eigenvalue weighted by Gasteiger charge is 2.32. The molecule has 0 amide bonds. The molecule has 0 aliphatic heterocycles. The summed E-state index contributed by atoms with van der Waals surface area (Å²) < 4.78 is 64.4. The van der Waals surface area contributed by atoms with Gasteiger partial charge in [-0.3, -0.25) is 10.1 Å². The van der Waals surface area contributed by atoms with Crippen molar-refractivity contribution in [3.05, 3.63) is 197 Å². The summed E-state index contributed by atoms with van der Waals surface area (Å²) in [6.45, 7) is 6.32. The fourth-order valence-electron chi connectivity index (χ4n) is 8.62. The molecule has 0 fully saturated rings. The number of carbonyl (C=O) groups is 1. The second-order valence-electron chi connectivity index (χ2n) is 21.0. The molecule has 0 radical (unpaired) electrons. The van der Waals surface area contributed by atoms with E-state index in [9.17, 15) is 33.2 Å². The topological polar surface area (TPSA) is 444 Å². The highest BCUT2D eigenvalue weighted by atomic mass is 19.4. The summed E-state index contributed by atoms with van der Waals surface area (Å²) in [5.74, 6) is 4.08. The number of nitrogen functional groups attached to an aromatic ring is 4. The van der Waals surface area contributed by atoms with Crippen LogP contribution in [0.2, 0.25) is 0 Å². The number of aromatic nitrogens is 16. The summed E-state index contributed by atoms with van der Waals surface area (Å²) in [4.78, 5) is 55.2. The van der Waals surface area contributed by atoms with Crippen molar-refractivity contribution in [2.24, 2.45) is 0 Å². The molecule has 0 atom stereocenters. The second kappa shape index (κ2) is 30.4. The van der Waals surface area contributed by atoms with E-state index in [0.29, 0.717) is 63.3 Å². The summed E-state index contributed by atoms with van der Waals surface area (Å²) in [5, 5.41) is 49.5. The summed E-state index contributed by atoms with van der Waals surface area (Å²) in [6.07, 6.45) is 1.96. The highest BCUT2D eigenvalue weighted by molar-refractivity contribution is 5.91. The van der Waals surface area contributed by atoms with Gasteiger partial charge in [0.15, 0.2) is 23.3 Å². The minimum atomic E-state index is -4.48. The van der Waals surface area contributed by atoms with E-state index < -0.39 is 22.6 Å². The van der Waals surface area contributed by atoms with Gasteiger partial charge in [-0.05, 0) is 114 Å². The number of carbonyl (C=O) groups excluding carboxylic acids is 1. The number of anilines is 12. The van der Waals surface area contributed by atoms with Gasteiger partial charge >= 0.3 is 12.1 Å². The smallest absolute Gasteiger partial charge is 0.416 e. The molecule has 0 unspecified atom stereocenters. The zero-order valence-corrected chi connectivity index (χ0v) is 53.0. The summed E-state index contributed by atoms with van der Waals surface area (Å²) >= 11 is 0. The van der Waals surface area contributed by atoms with E-state index in [1.165, 1.54) is 71.4 Å². The van der Waals surface area contributed by atoms with Crippen LogP contribution in [-0.4, -0.2) is 123 Å². The Morgan fingerprint density at radius 3 is 1.17 bits per heavy atom. The fraction of sp³-hybridized carbons (Fsp3) is 0.145. The van der Waals surface area contributed by atoms with Gasteiger partial charge in [-0.1, -0.05) is 51.1 Å². The molecule has 12 aromatic rings. The number of methoxy groups -OCH3 is 4. The number of ether oxygens (including phenoxy) is 4. The number of phenols is 1. The van der Waals surface area contributed by atoms with Crippen molar-refractivity contribution in [2.75, 3.05) is 72.6 Å². The van der Waals surface area contributed by atoms with Crippen molar-refractivity contribution in [1.29, 1.82) is 0 Å². The van der Waals surface area contributed by atoms with Crippen molar-refractivity contribution in [3.8, 4) is 46.3 Å². The van der Waals surface area contributed by atoms with Crippen LogP contribution in [0.25, 0.3) is 23.3 Å². The van der Waals surface area contributed by atoms with Crippen molar-refractivity contribution in [2.45, 2.75) is 32.4 Å². The van der Waals surface area contributed by atoms with Crippen LogP contribution in [0.4, 0.5) is 89.2 Å². The van der Waals surface area contributed by atoms with Crippen molar-refractivity contribution in [3.63, 3.8) is 0 Å². The molecule has 8 aromatic heterocycles. The minimum absolute atomic E-state index is 0.0146. The molecule has 0 spiro atoms. The van der Waals surface area contributed by atoms with Crippen LogP contribution in [0.15, 0.2) is 170 Å². The fourth-order valence-corrected chi connectivity index (χ4v) is 8.62. The number of nitro groups is 1. The Balaban J connectivity index is 0.000000153. The Hall–Kier alpha value is -13.7. The van der Waals surface area contributed by atoms with E-state index in [4.69, 9.17) is 41.9 Å². The van der Waals surface area contributed by atoms with E-state index >= 15 is 0 Å². The van der Waals surface area contributed by atoms with Gasteiger partial charge in [-0.25, -0.2) is 24.7 Å². The molecule has 0 saturated carbocycles. The van der Waals surface area contributed by atoms with Crippen LogP contribution >= 0.6 is 0 Å². The molecule has 0 saturated heterocycles. The lowest BCUT2D eigenvalue weighted by atomic mass is 9.87. The SMILES string of the molecule is CC(C)(C)c1ccc(O)c(Nc2nc(N)n(-c3ccccn3)n2)c1.COC(=O)c1ccc(OC)c(Nc2nc(N)n(-c3ccccn3)n2)c1.COc1ccc(C(F)(F)F)cc1Nc1nc(N)n(-c2ccccn2)n1.COc1ccc([N+](=O)[O-])cc1Nc1nc(N)n(-c2ccccn2)n1. The number of non-ortho nitro benzene ring substituents is 1. The molecule has 13 N–H and O–H groups in total. The molecule has 12 rings (SSSR count). The monoisotopic (exact) mass is 1340 g/mol. The van der Waals surface area contributed by atoms with Gasteiger partial charge in [0.05, 0.1) is 67.2 Å².